The minimum absolute atomic E-state index is 0.128. The molecule has 5 nitrogen and oxygen atoms in total. The van der Waals surface area contributed by atoms with Gasteiger partial charge < -0.3 is 14.5 Å². The van der Waals surface area contributed by atoms with Gasteiger partial charge in [-0.1, -0.05) is 15.9 Å². The number of ether oxygens (including phenoxy) is 1. The number of carbonyl (C=O) groups excluding carboxylic acids is 2. The molecule has 1 saturated heterocycles. The largest absolute Gasteiger partial charge is 0.493 e. The highest BCUT2D eigenvalue weighted by Gasteiger charge is 2.23. The van der Waals surface area contributed by atoms with Crippen LogP contribution in [0, 0.1) is 20.8 Å². The summed E-state index contributed by atoms with van der Waals surface area (Å²) < 4.78 is 6.79. The first-order chi connectivity index (χ1) is 13.9. The molecule has 1 aliphatic rings. The van der Waals surface area contributed by atoms with E-state index in [0.717, 1.165) is 46.3 Å². The van der Waals surface area contributed by atoms with E-state index in [0.29, 0.717) is 31.7 Å². The zero-order valence-corrected chi connectivity index (χ0v) is 18.8. The lowest BCUT2D eigenvalue weighted by Gasteiger charge is -2.37. The van der Waals surface area contributed by atoms with E-state index >= 15 is 0 Å². The summed E-state index contributed by atoms with van der Waals surface area (Å²) in [5.74, 6) is 0.913. The Morgan fingerprint density at radius 1 is 1.03 bits per heavy atom. The van der Waals surface area contributed by atoms with Gasteiger partial charge in [0, 0.05) is 41.9 Å². The lowest BCUT2D eigenvalue weighted by Crippen LogP contribution is -2.49. The Balaban J connectivity index is 1.50. The number of amides is 1. The number of aryl methyl sites for hydroxylation is 3. The summed E-state index contributed by atoms with van der Waals surface area (Å²) in [6.45, 7) is 9.45. The van der Waals surface area contributed by atoms with Gasteiger partial charge in [-0.15, -0.1) is 0 Å². The molecule has 0 N–H and O–H groups in total. The van der Waals surface area contributed by atoms with E-state index in [-0.39, 0.29) is 5.91 Å². The smallest absolute Gasteiger partial charge is 0.226 e. The molecule has 1 fully saturated rings. The highest BCUT2D eigenvalue weighted by atomic mass is 79.9. The molecule has 2 aromatic rings. The number of aldehydes is 1. The summed E-state index contributed by atoms with van der Waals surface area (Å²) in [5, 5.41) is 0. The third-order valence-electron chi connectivity index (χ3n) is 5.31. The molecule has 2 aromatic carbocycles. The molecule has 1 heterocycles. The fraction of sp³-hybridized carbons (Fsp3) is 0.391. The molecule has 6 heteroatoms. The second-order valence-corrected chi connectivity index (χ2v) is 8.35. The van der Waals surface area contributed by atoms with Crippen molar-refractivity contribution < 1.29 is 14.3 Å². The Kier molecular flexibility index (Phi) is 6.96. The lowest BCUT2D eigenvalue weighted by molar-refractivity contribution is -0.132. The summed E-state index contributed by atoms with van der Waals surface area (Å²) in [6.07, 6.45) is 1.26. The molecule has 0 saturated carbocycles. The number of nitrogens with zero attached hydrogens (tertiary/aromatic N) is 2. The van der Waals surface area contributed by atoms with Crippen molar-refractivity contribution in [3.63, 3.8) is 0 Å². The zero-order chi connectivity index (χ0) is 21.0. The van der Waals surface area contributed by atoms with Crippen LogP contribution in [-0.2, 0) is 4.79 Å². The first kappa shape index (κ1) is 21.4. The maximum absolute atomic E-state index is 12.6. The van der Waals surface area contributed by atoms with E-state index in [1.54, 1.807) is 0 Å². The number of halogens is 1. The number of hydrogen-bond acceptors (Lipinski definition) is 4. The molecular formula is C23H27BrN2O3. The number of benzene rings is 2. The fourth-order valence-corrected chi connectivity index (χ4v) is 4.10. The SMILES string of the molecule is Cc1cc(OCCC(=O)N2CCN(c3c(C)cc(C=O)cc3C)CC2)ccc1Br. The van der Waals surface area contributed by atoms with Crippen molar-refractivity contribution in [1.82, 2.24) is 4.90 Å². The molecule has 1 aliphatic heterocycles. The number of anilines is 1. The van der Waals surface area contributed by atoms with E-state index in [9.17, 15) is 9.59 Å². The quantitative estimate of drug-likeness (QED) is 0.605. The Bertz CT molecular complexity index is 882. The average molecular weight is 459 g/mol. The van der Waals surface area contributed by atoms with Gasteiger partial charge in [-0.3, -0.25) is 9.59 Å². The Morgan fingerprint density at radius 3 is 2.28 bits per heavy atom. The van der Waals surface area contributed by atoms with Crippen molar-refractivity contribution in [2.75, 3.05) is 37.7 Å². The summed E-state index contributed by atoms with van der Waals surface area (Å²) >= 11 is 3.47. The average Bonchev–Trinajstić information content (AvgIpc) is 2.70. The van der Waals surface area contributed by atoms with Crippen LogP contribution in [-0.4, -0.2) is 49.9 Å². The van der Waals surface area contributed by atoms with Crippen molar-refractivity contribution in [2.24, 2.45) is 0 Å². The molecule has 0 atom stereocenters. The van der Waals surface area contributed by atoms with Gasteiger partial charge in [0.25, 0.3) is 0 Å². The van der Waals surface area contributed by atoms with Crippen molar-refractivity contribution in [1.29, 1.82) is 0 Å². The zero-order valence-electron chi connectivity index (χ0n) is 17.2. The van der Waals surface area contributed by atoms with Gasteiger partial charge >= 0.3 is 0 Å². The van der Waals surface area contributed by atoms with Gasteiger partial charge in [0.15, 0.2) is 0 Å². The molecule has 3 rings (SSSR count). The van der Waals surface area contributed by atoms with Crippen molar-refractivity contribution in [3.8, 4) is 5.75 Å². The minimum Gasteiger partial charge on any atom is -0.493 e. The van der Waals surface area contributed by atoms with E-state index < -0.39 is 0 Å². The predicted molar refractivity (Wildman–Crippen MR) is 119 cm³/mol. The molecular weight excluding hydrogens is 432 g/mol. The fourth-order valence-electron chi connectivity index (χ4n) is 3.86. The number of hydrogen-bond donors (Lipinski definition) is 0. The molecule has 1 amide bonds. The molecule has 29 heavy (non-hydrogen) atoms. The third-order valence-corrected chi connectivity index (χ3v) is 6.20. The van der Waals surface area contributed by atoms with E-state index in [4.69, 9.17) is 4.74 Å². The van der Waals surface area contributed by atoms with Crippen molar-refractivity contribution in [2.45, 2.75) is 27.2 Å². The van der Waals surface area contributed by atoms with Crippen LogP contribution in [0.15, 0.2) is 34.8 Å². The summed E-state index contributed by atoms with van der Waals surface area (Å²) in [5.41, 5.74) is 5.20. The monoisotopic (exact) mass is 458 g/mol. The van der Waals surface area contributed by atoms with Gasteiger partial charge in [0.2, 0.25) is 5.91 Å². The van der Waals surface area contributed by atoms with Crippen LogP contribution in [0.25, 0.3) is 0 Å². The summed E-state index contributed by atoms with van der Waals surface area (Å²) in [6, 6.07) is 9.67. The van der Waals surface area contributed by atoms with Crippen LogP contribution in [0.2, 0.25) is 0 Å². The van der Waals surface area contributed by atoms with E-state index in [2.05, 4.69) is 20.8 Å². The van der Waals surface area contributed by atoms with Gasteiger partial charge in [-0.05, 0) is 67.8 Å². The lowest BCUT2D eigenvalue weighted by atomic mass is 10.0. The third kappa shape index (κ3) is 5.18. The Hall–Kier alpha value is -2.34. The minimum atomic E-state index is 0.128. The standard InChI is InChI=1S/C23H27BrN2O3/c1-16-14-20(4-5-21(16)24)29-11-6-22(28)25-7-9-26(10-8-25)23-17(2)12-19(15-27)13-18(23)3/h4-5,12-15H,6-11H2,1-3H3. The number of rotatable bonds is 6. The maximum Gasteiger partial charge on any atom is 0.226 e. The highest BCUT2D eigenvalue weighted by molar-refractivity contribution is 9.10. The molecule has 0 aromatic heterocycles. The highest BCUT2D eigenvalue weighted by Crippen LogP contribution is 2.27. The van der Waals surface area contributed by atoms with Crippen molar-refractivity contribution in [3.05, 3.63) is 57.1 Å². The predicted octanol–water partition coefficient (Wildman–Crippen LogP) is 4.30. The van der Waals surface area contributed by atoms with Crippen LogP contribution in [0.5, 0.6) is 5.75 Å². The Morgan fingerprint density at radius 2 is 1.69 bits per heavy atom. The topological polar surface area (TPSA) is 49.9 Å². The molecule has 0 aliphatic carbocycles. The van der Waals surface area contributed by atoms with E-state index in [1.165, 1.54) is 5.69 Å². The number of piperazine rings is 1. The number of carbonyl (C=O) groups is 2. The second kappa shape index (κ2) is 9.44. The van der Waals surface area contributed by atoms with Crippen LogP contribution in [0.4, 0.5) is 5.69 Å². The van der Waals surface area contributed by atoms with Gasteiger partial charge in [-0.2, -0.15) is 0 Å². The molecule has 154 valence electrons. The molecule has 0 bridgehead atoms. The first-order valence-electron chi connectivity index (χ1n) is 9.87. The van der Waals surface area contributed by atoms with E-state index in [1.807, 2.05) is 56.0 Å². The summed E-state index contributed by atoms with van der Waals surface area (Å²) in [7, 11) is 0. The van der Waals surface area contributed by atoms with Gasteiger partial charge in [0.1, 0.15) is 12.0 Å². The normalized spacial score (nSPS) is 14.1. The molecule has 0 unspecified atom stereocenters. The second-order valence-electron chi connectivity index (χ2n) is 7.50. The Labute approximate surface area is 180 Å². The first-order valence-corrected chi connectivity index (χ1v) is 10.7. The summed E-state index contributed by atoms with van der Waals surface area (Å²) in [4.78, 5) is 27.8. The van der Waals surface area contributed by atoms with Crippen LogP contribution >= 0.6 is 15.9 Å². The van der Waals surface area contributed by atoms with Gasteiger partial charge in [0.05, 0.1) is 13.0 Å². The molecule has 0 radical (unpaired) electrons. The van der Waals surface area contributed by atoms with Crippen LogP contribution in [0.3, 0.4) is 0 Å². The van der Waals surface area contributed by atoms with Gasteiger partial charge in [-0.25, -0.2) is 0 Å². The van der Waals surface area contributed by atoms with Crippen LogP contribution in [0.1, 0.15) is 33.5 Å². The molecule has 0 spiro atoms. The van der Waals surface area contributed by atoms with Crippen molar-refractivity contribution >= 4 is 33.8 Å². The maximum atomic E-state index is 12.6. The van der Waals surface area contributed by atoms with Crippen LogP contribution < -0.4 is 9.64 Å².